The Labute approximate surface area is 119 Å². The van der Waals surface area contributed by atoms with Gasteiger partial charge in [0.2, 0.25) is 0 Å². The van der Waals surface area contributed by atoms with Crippen LogP contribution in [0.15, 0.2) is 0 Å². The van der Waals surface area contributed by atoms with Gasteiger partial charge in [-0.3, -0.25) is 0 Å². The molecule has 3 nitrogen and oxygen atoms in total. The van der Waals surface area contributed by atoms with Crippen molar-refractivity contribution in [3.05, 3.63) is 0 Å². The summed E-state index contributed by atoms with van der Waals surface area (Å²) < 4.78 is 0. The summed E-state index contributed by atoms with van der Waals surface area (Å²) in [6.45, 7) is 7.36. The van der Waals surface area contributed by atoms with Crippen LogP contribution in [0.25, 0.3) is 0 Å². The largest absolute Gasteiger partial charge is 0.312 e. The average molecular weight is 267 g/mol. The molecule has 1 heterocycles. The zero-order valence-electron chi connectivity index (χ0n) is 13.2. The molecule has 0 radical (unpaired) electrons. The third-order valence-corrected chi connectivity index (χ3v) is 5.09. The Hall–Kier alpha value is -0.120. The second-order valence-corrected chi connectivity index (χ2v) is 6.95. The van der Waals surface area contributed by atoms with Crippen molar-refractivity contribution >= 4 is 0 Å². The molecule has 19 heavy (non-hydrogen) atoms. The van der Waals surface area contributed by atoms with E-state index in [2.05, 4.69) is 36.1 Å². The van der Waals surface area contributed by atoms with Crippen LogP contribution in [-0.2, 0) is 0 Å². The highest BCUT2D eigenvalue weighted by Gasteiger charge is 2.22. The van der Waals surface area contributed by atoms with Gasteiger partial charge in [-0.05, 0) is 52.7 Å². The topological polar surface area (TPSA) is 18.5 Å². The van der Waals surface area contributed by atoms with E-state index in [1.807, 2.05) is 0 Å². The predicted molar refractivity (Wildman–Crippen MR) is 82.6 cm³/mol. The van der Waals surface area contributed by atoms with Gasteiger partial charge < -0.3 is 15.1 Å². The molecule has 1 aliphatic carbocycles. The fourth-order valence-corrected chi connectivity index (χ4v) is 3.56. The fraction of sp³-hybridized carbons (Fsp3) is 1.00. The highest BCUT2D eigenvalue weighted by Crippen LogP contribution is 2.18. The molecular formula is C16H33N3. The van der Waals surface area contributed by atoms with Crippen LogP contribution in [0.4, 0.5) is 0 Å². The molecule has 1 N–H and O–H groups in total. The molecule has 0 amide bonds. The Morgan fingerprint density at radius 3 is 2.58 bits per heavy atom. The van der Waals surface area contributed by atoms with Gasteiger partial charge in [-0.2, -0.15) is 0 Å². The van der Waals surface area contributed by atoms with E-state index in [-0.39, 0.29) is 0 Å². The summed E-state index contributed by atoms with van der Waals surface area (Å²) in [6.07, 6.45) is 8.47. The number of likely N-dealkylation sites (tertiary alicyclic amines) is 1. The summed E-state index contributed by atoms with van der Waals surface area (Å²) in [5.74, 6) is 0.882. The van der Waals surface area contributed by atoms with E-state index in [1.54, 1.807) is 0 Å². The van der Waals surface area contributed by atoms with Crippen LogP contribution in [0, 0.1) is 5.92 Å². The van der Waals surface area contributed by atoms with E-state index in [0.29, 0.717) is 6.04 Å². The van der Waals surface area contributed by atoms with Crippen molar-refractivity contribution in [3.8, 4) is 0 Å². The van der Waals surface area contributed by atoms with Gasteiger partial charge in [-0.1, -0.05) is 19.3 Å². The van der Waals surface area contributed by atoms with Crippen LogP contribution in [-0.4, -0.2) is 62.2 Å². The Balaban J connectivity index is 1.62. The predicted octanol–water partition coefficient (Wildman–Crippen LogP) is 2.18. The van der Waals surface area contributed by atoms with Crippen LogP contribution in [0.1, 0.15) is 45.4 Å². The minimum atomic E-state index is 0.660. The summed E-state index contributed by atoms with van der Waals surface area (Å²) in [6, 6.07) is 1.45. The number of likely N-dealkylation sites (N-methyl/N-ethyl adjacent to an activating group) is 1. The zero-order valence-corrected chi connectivity index (χ0v) is 13.2. The lowest BCUT2D eigenvalue weighted by molar-refractivity contribution is 0.205. The molecule has 112 valence electrons. The molecule has 2 rings (SSSR count). The lowest BCUT2D eigenvalue weighted by atomic mass is 9.95. The Bertz CT molecular complexity index is 250. The van der Waals surface area contributed by atoms with Crippen molar-refractivity contribution in [3.63, 3.8) is 0 Å². The third-order valence-electron chi connectivity index (χ3n) is 5.09. The standard InChI is InChI=1S/C16H33N3/c1-14(11-17-16-7-5-4-6-8-16)19(3)13-15-9-10-18(2)12-15/h14-17H,4-13H2,1-3H3. The third kappa shape index (κ3) is 5.05. The van der Waals surface area contributed by atoms with Gasteiger partial charge in [0.05, 0.1) is 0 Å². The highest BCUT2D eigenvalue weighted by molar-refractivity contribution is 4.79. The Kier molecular flexibility index (Phi) is 6.11. The van der Waals surface area contributed by atoms with Crippen molar-refractivity contribution in [1.82, 2.24) is 15.1 Å². The first-order valence-electron chi connectivity index (χ1n) is 8.27. The Morgan fingerprint density at radius 1 is 1.21 bits per heavy atom. The lowest BCUT2D eigenvalue weighted by Crippen LogP contribution is -2.44. The maximum absolute atomic E-state index is 3.78. The molecule has 0 aromatic rings. The molecule has 2 aliphatic rings. The van der Waals surface area contributed by atoms with Crippen LogP contribution < -0.4 is 5.32 Å². The second-order valence-electron chi connectivity index (χ2n) is 6.95. The minimum Gasteiger partial charge on any atom is -0.312 e. The molecule has 0 spiro atoms. The fourth-order valence-electron chi connectivity index (χ4n) is 3.56. The molecular weight excluding hydrogens is 234 g/mol. The lowest BCUT2D eigenvalue weighted by Gasteiger charge is -2.30. The molecule has 1 aliphatic heterocycles. The zero-order chi connectivity index (χ0) is 13.7. The molecule has 2 unspecified atom stereocenters. The summed E-state index contributed by atoms with van der Waals surface area (Å²) >= 11 is 0. The summed E-state index contributed by atoms with van der Waals surface area (Å²) in [4.78, 5) is 5.02. The van der Waals surface area contributed by atoms with Gasteiger partial charge in [-0.15, -0.1) is 0 Å². The van der Waals surface area contributed by atoms with Crippen molar-refractivity contribution in [1.29, 1.82) is 0 Å². The number of hydrogen-bond acceptors (Lipinski definition) is 3. The molecule has 0 bridgehead atoms. The van der Waals surface area contributed by atoms with Crippen LogP contribution in [0.3, 0.4) is 0 Å². The average Bonchev–Trinajstić information content (AvgIpc) is 2.82. The SMILES string of the molecule is CC(CNC1CCCCC1)N(C)CC1CCN(C)C1. The molecule has 2 atom stereocenters. The first-order chi connectivity index (χ1) is 9.15. The van der Waals surface area contributed by atoms with Gasteiger partial charge in [0, 0.05) is 31.7 Å². The van der Waals surface area contributed by atoms with E-state index in [4.69, 9.17) is 0 Å². The van der Waals surface area contributed by atoms with E-state index in [0.717, 1.165) is 18.5 Å². The van der Waals surface area contributed by atoms with Crippen LogP contribution >= 0.6 is 0 Å². The highest BCUT2D eigenvalue weighted by atomic mass is 15.2. The quantitative estimate of drug-likeness (QED) is 0.796. The minimum absolute atomic E-state index is 0.660. The van der Waals surface area contributed by atoms with E-state index in [1.165, 1.54) is 58.2 Å². The van der Waals surface area contributed by atoms with Crippen LogP contribution in [0.2, 0.25) is 0 Å². The number of nitrogens with zero attached hydrogens (tertiary/aromatic N) is 2. The summed E-state index contributed by atoms with van der Waals surface area (Å²) in [5, 5.41) is 3.78. The number of hydrogen-bond donors (Lipinski definition) is 1. The van der Waals surface area contributed by atoms with Gasteiger partial charge in [0.15, 0.2) is 0 Å². The van der Waals surface area contributed by atoms with E-state index in [9.17, 15) is 0 Å². The molecule has 0 aromatic carbocycles. The number of rotatable bonds is 6. The van der Waals surface area contributed by atoms with Gasteiger partial charge in [0.1, 0.15) is 0 Å². The molecule has 2 fully saturated rings. The summed E-state index contributed by atoms with van der Waals surface area (Å²) in [5.41, 5.74) is 0. The molecule has 1 saturated carbocycles. The second kappa shape index (κ2) is 7.61. The van der Waals surface area contributed by atoms with Crippen molar-refractivity contribution in [2.45, 2.75) is 57.5 Å². The van der Waals surface area contributed by atoms with Gasteiger partial charge in [-0.25, -0.2) is 0 Å². The molecule has 3 heteroatoms. The maximum Gasteiger partial charge on any atom is 0.0189 e. The molecule has 1 saturated heterocycles. The summed E-state index contributed by atoms with van der Waals surface area (Å²) in [7, 11) is 4.54. The van der Waals surface area contributed by atoms with Crippen molar-refractivity contribution in [2.75, 3.05) is 40.3 Å². The normalized spacial score (nSPS) is 28.1. The van der Waals surface area contributed by atoms with Gasteiger partial charge in [0.25, 0.3) is 0 Å². The number of nitrogens with one attached hydrogen (secondary N) is 1. The first kappa shape index (κ1) is 15.3. The van der Waals surface area contributed by atoms with Gasteiger partial charge >= 0.3 is 0 Å². The monoisotopic (exact) mass is 267 g/mol. The smallest absolute Gasteiger partial charge is 0.0189 e. The molecule has 0 aromatic heterocycles. The van der Waals surface area contributed by atoms with Crippen molar-refractivity contribution < 1.29 is 0 Å². The Morgan fingerprint density at radius 2 is 1.95 bits per heavy atom. The van der Waals surface area contributed by atoms with E-state index < -0.39 is 0 Å². The maximum atomic E-state index is 3.78. The van der Waals surface area contributed by atoms with Crippen molar-refractivity contribution in [2.24, 2.45) is 5.92 Å². The van der Waals surface area contributed by atoms with Crippen LogP contribution in [0.5, 0.6) is 0 Å². The first-order valence-corrected chi connectivity index (χ1v) is 8.27. The van der Waals surface area contributed by atoms with E-state index >= 15 is 0 Å².